The predicted octanol–water partition coefficient (Wildman–Crippen LogP) is 4.41. The Labute approximate surface area is 143 Å². The van der Waals surface area contributed by atoms with Gasteiger partial charge in [0.1, 0.15) is 5.82 Å². The summed E-state index contributed by atoms with van der Waals surface area (Å²) in [4.78, 5) is 16.7. The van der Waals surface area contributed by atoms with Gasteiger partial charge < -0.3 is 9.88 Å². The highest BCUT2D eigenvalue weighted by molar-refractivity contribution is 5.91. The Balaban J connectivity index is 1.41. The minimum Gasteiger partial charge on any atom is -0.328 e. The van der Waals surface area contributed by atoms with E-state index in [0.29, 0.717) is 6.42 Å². The second kappa shape index (κ2) is 6.80. The maximum atomic E-state index is 12.2. The van der Waals surface area contributed by atoms with Crippen LogP contribution >= 0.6 is 0 Å². The minimum absolute atomic E-state index is 0.137. The van der Waals surface area contributed by atoms with E-state index in [4.69, 9.17) is 0 Å². The summed E-state index contributed by atoms with van der Waals surface area (Å²) < 4.78 is 2.29. The molecule has 0 saturated heterocycles. The van der Waals surface area contributed by atoms with Crippen LogP contribution in [-0.4, -0.2) is 15.5 Å². The first kappa shape index (κ1) is 15.4. The standard InChI is InChI=1S/C20H25N3O/c24-20(11-10-15-5-1-2-6-15)22-17-8-3-7-16(13-17)18-14-21-19-9-4-12-23(18)19/h3,7-8,13-15H,1-2,4-6,9-12H2,(H,22,24). The first-order chi connectivity index (χ1) is 11.8. The zero-order valence-electron chi connectivity index (χ0n) is 14.1. The third-order valence-electron chi connectivity index (χ3n) is 5.42. The summed E-state index contributed by atoms with van der Waals surface area (Å²) >= 11 is 0. The van der Waals surface area contributed by atoms with Crippen molar-refractivity contribution in [3.8, 4) is 11.3 Å². The van der Waals surface area contributed by atoms with E-state index in [2.05, 4.69) is 27.0 Å². The zero-order chi connectivity index (χ0) is 16.4. The molecule has 0 unspecified atom stereocenters. The van der Waals surface area contributed by atoms with Crippen LogP contribution in [0.3, 0.4) is 0 Å². The molecule has 0 bridgehead atoms. The molecule has 0 spiro atoms. The number of hydrogen-bond donors (Lipinski definition) is 1. The topological polar surface area (TPSA) is 46.9 Å². The van der Waals surface area contributed by atoms with E-state index in [1.54, 1.807) is 0 Å². The quantitative estimate of drug-likeness (QED) is 0.886. The van der Waals surface area contributed by atoms with Gasteiger partial charge in [0, 0.05) is 30.6 Å². The van der Waals surface area contributed by atoms with Crippen LogP contribution in [0.1, 0.15) is 50.8 Å². The van der Waals surface area contributed by atoms with E-state index >= 15 is 0 Å². The van der Waals surface area contributed by atoms with Gasteiger partial charge in [-0.3, -0.25) is 4.79 Å². The van der Waals surface area contributed by atoms with Crippen LogP contribution in [-0.2, 0) is 17.8 Å². The van der Waals surface area contributed by atoms with E-state index in [0.717, 1.165) is 42.2 Å². The number of carbonyl (C=O) groups excluding carboxylic acids is 1. The largest absolute Gasteiger partial charge is 0.328 e. The van der Waals surface area contributed by atoms with Gasteiger partial charge in [0.2, 0.25) is 5.91 Å². The number of nitrogens with zero attached hydrogens (tertiary/aromatic N) is 2. The van der Waals surface area contributed by atoms with Crippen molar-refractivity contribution in [3.63, 3.8) is 0 Å². The fourth-order valence-corrected chi connectivity index (χ4v) is 4.10. The lowest BCUT2D eigenvalue weighted by Gasteiger charge is -2.11. The Morgan fingerprint density at radius 2 is 2.12 bits per heavy atom. The molecule has 2 heterocycles. The Morgan fingerprint density at radius 3 is 3.00 bits per heavy atom. The highest BCUT2D eigenvalue weighted by Gasteiger charge is 2.18. The van der Waals surface area contributed by atoms with Gasteiger partial charge in [-0.25, -0.2) is 4.98 Å². The number of hydrogen-bond acceptors (Lipinski definition) is 2. The van der Waals surface area contributed by atoms with Gasteiger partial charge in [-0.05, 0) is 30.9 Å². The third-order valence-corrected chi connectivity index (χ3v) is 5.42. The number of carbonyl (C=O) groups is 1. The molecule has 1 fully saturated rings. The molecule has 4 nitrogen and oxygen atoms in total. The van der Waals surface area contributed by atoms with Crippen molar-refractivity contribution in [1.82, 2.24) is 9.55 Å². The summed E-state index contributed by atoms with van der Waals surface area (Å²) in [7, 11) is 0. The first-order valence-corrected chi connectivity index (χ1v) is 9.24. The summed E-state index contributed by atoms with van der Waals surface area (Å²) in [5, 5.41) is 3.07. The number of anilines is 1. The molecule has 126 valence electrons. The number of rotatable bonds is 5. The number of imidazole rings is 1. The lowest BCUT2D eigenvalue weighted by molar-refractivity contribution is -0.116. The maximum Gasteiger partial charge on any atom is 0.224 e. The Bertz CT molecular complexity index is 728. The fourth-order valence-electron chi connectivity index (χ4n) is 4.10. The van der Waals surface area contributed by atoms with Gasteiger partial charge >= 0.3 is 0 Å². The number of aromatic nitrogens is 2. The molecule has 1 saturated carbocycles. The van der Waals surface area contributed by atoms with Crippen molar-refractivity contribution < 1.29 is 4.79 Å². The molecule has 1 aliphatic carbocycles. The number of fused-ring (bicyclic) bond motifs is 1. The van der Waals surface area contributed by atoms with Crippen LogP contribution < -0.4 is 5.32 Å². The molecule has 0 atom stereocenters. The van der Waals surface area contributed by atoms with Crippen LogP contribution in [0, 0.1) is 5.92 Å². The van der Waals surface area contributed by atoms with Crippen LogP contribution in [0.25, 0.3) is 11.3 Å². The average Bonchev–Trinajstić information content (AvgIpc) is 3.31. The summed E-state index contributed by atoms with van der Waals surface area (Å²) in [5.41, 5.74) is 3.17. The summed E-state index contributed by atoms with van der Waals surface area (Å²) in [6, 6.07) is 8.14. The summed E-state index contributed by atoms with van der Waals surface area (Å²) in [6.07, 6.45) is 11.1. The Hall–Kier alpha value is -2.10. The van der Waals surface area contributed by atoms with Crippen LogP contribution in [0.5, 0.6) is 0 Å². The fraction of sp³-hybridized carbons (Fsp3) is 0.500. The van der Waals surface area contributed by atoms with Gasteiger partial charge in [0.25, 0.3) is 0 Å². The molecule has 2 aromatic rings. The van der Waals surface area contributed by atoms with Crippen LogP contribution in [0.15, 0.2) is 30.5 Å². The molecular weight excluding hydrogens is 298 g/mol. The van der Waals surface area contributed by atoms with Crippen molar-refractivity contribution in [2.75, 3.05) is 5.32 Å². The van der Waals surface area contributed by atoms with E-state index in [1.807, 2.05) is 18.3 Å². The Morgan fingerprint density at radius 1 is 1.25 bits per heavy atom. The van der Waals surface area contributed by atoms with Crippen molar-refractivity contribution in [2.24, 2.45) is 5.92 Å². The normalized spacial score (nSPS) is 17.2. The molecule has 1 N–H and O–H groups in total. The molecule has 24 heavy (non-hydrogen) atoms. The first-order valence-electron chi connectivity index (χ1n) is 9.24. The van der Waals surface area contributed by atoms with Crippen molar-refractivity contribution in [2.45, 2.75) is 57.9 Å². The van der Waals surface area contributed by atoms with Crippen LogP contribution in [0.2, 0.25) is 0 Å². The molecule has 2 aliphatic rings. The smallest absolute Gasteiger partial charge is 0.224 e. The molecule has 4 heteroatoms. The van der Waals surface area contributed by atoms with E-state index in [9.17, 15) is 4.79 Å². The van der Waals surface area contributed by atoms with Crippen molar-refractivity contribution in [1.29, 1.82) is 0 Å². The zero-order valence-corrected chi connectivity index (χ0v) is 14.1. The van der Waals surface area contributed by atoms with E-state index < -0.39 is 0 Å². The van der Waals surface area contributed by atoms with E-state index in [-0.39, 0.29) is 5.91 Å². The second-order valence-electron chi connectivity index (χ2n) is 7.13. The van der Waals surface area contributed by atoms with Crippen molar-refractivity contribution >= 4 is 11.6 Å². The molecule has 4 rings (SSSR count). The van der Waals surface area contributed by atoms with Gasteiger partial charge in [-0.15, -0.1) is 0 Å². The molecule has 1 aliphatic heterocycles. The molecule has 0 radical (unpaired) electrons. The average molecular weight is 323 g/mol. The molecule has 1 aromatic carbocycles. The second-order valence-corrected chi connectivity index (χ2v) is 7.13. The molecule has 1 aromatic heterocycles. The van der Waals surface area contributed by atoms with Gasteiger partial charge in [-0.2, -0.15) is 0 Å². The number of benzene rings is 1. The monoisotopic (exact) mass is 323 g/mol. The summed E-state index contributed by atoms with van der Waals surface area (Å²) in [6.45, 7) is 1.04. The molecular formula is C20H25N3O. The Kier molecular flexibility index (Phi) is 4.37. The molecule has 1 amide bonds. The van der Waals surface area contributed by atoms with E-state index in [1.165, 1.54) is 37.9 Å². The lowest BCUT2D eigenvalue weighted by atomic mass is 10.0. The predicted molar refractivity (Wildman–Crippen MR) is 95.8 cm³/mol. The third kappa shape index (κ3) is 3.23. The van der Waals surface area contributed by atoms with Gasteiger partial charge in [0.15, 0.2) is 0 Å². The highest BCUT2D eigenvalue weighted by Crippen LogP contribution is 2.29. The minimum atomic E-state index is 0.137. The number of amides is 1. The van der Waals surface area contributed by atoms with Gasteiger partial charge in [0.05, 0.1) is 11.9 Å². The summed E-state index contributed by atoms with van der Waals surface area (Å²) in [5.74, 6) is 2.07. The maximum absolute atomic E-state index is 12.2. The SMILES string of the molecule is O=C(CCC1CCCC1)Nc1cccc(-c2cnc3n2CCC3)c1. The van der Waals surface area contributed by atoms with Gasteiger partial charge in [-0.1, -0.05) is 37.8 Å². The van der Waals surface area contributed by atoms with Crippen molar-refractivity contribution in [3.05, 3.63) is 36.3 Å². The number of nitrogens with one attached hydrogen (secondary N) is 1. The number of aryl methyl sites for hydroxylation is 1. The lowest BCUT2D eigenvalue weighted by Crippen LogP contribution is -2.12. The highest BCUT2D eigenvalue weighted by atomic mass is 16.1. The van der Waals surface area contributed by atoms with Crippen LogP contribution in [0.4, 0.5) is 5.69 Å².